The zero-order chi connectivity index (χ0) is 18.0. The van der Waals surface area contributed by atoms with Gasteiger partial charge in [-0.05, 0) is 41.8 Å². The van der Waals surface area contributed by atoms with Gasteiger partial charge in [-0.1, -0.05) is 24.3 Å². The van der Waals surface area contributed by atoms with Crippen LogP contribution < -0.4 is 4.72 Å². The molecule has 0 amide bonds. The van der Waals surface area contributed by atoms with Gasteiger partial charge in [-0.2, -0.15) is 0 Å². The Morgan fingerprint density at radius 3 is 2.64 bits per heavy atom. The van der Waals surface area contributed by atoms with Crippen molar-refractivity contribution in [3.8, 4) is 0 Å². The third kappa shape index (κ3) is 3.88. The van der Waals surface area contributed by atoms with Crippen molar-refractivity contribution in [3.05, 3.63) is 83.2 Å². The van der Waals surface area contributed by atoms with Crippen molar-refractivity contribution in [3.63, 3.8) is 0 Å². The van der Waals surface area contributed by atoms with E-state index in [2.05, 4.69) is 14.7 Å². The Bertz CT molecular complexity index is 985. The summed E-state index contributed by atoms with van der Waals surface area (Å²) in [6.45, 7) is 1.73. The van der Waals surface area contributed by atoms with E-state index in [1.54, 1.807) is 43.7 Å². The summed E-state index contributed by atoms with van der Waals surface area (Å²) in [4.78, 5) is 7.14. The topological polar surface area (TPSA) is 74.8 Å². The molecule has 2 aromatic carbocycles. The predicted molar refractivity (Wildman–Crippen MR) is 95.6 cm³/mol. The number of nitrogens with one attached hydrogen (secondary N) is 2. The number of aromatic amines is 1. The van der Waals surface area contributed by atoms with Crippen LogP contribution in [0.3, 0.4) is 0 Å². The summed E-state index contributed by atoms with van der Waals surface area (Å²) < 4.78 is 39.6. The van der Waals surface area contributed by atoms with Crippen LogP contribution in [0.4, 0.5) is 10.1 Å². The zero-order valence-electron chi connectivity index (χ0n) is 13.8. The summed E-state index contributed by atoms with van der Waals surface area (Å²) in [5.41, 5.74) is 3.42. The van der Waals surface area contributed by atoms with Crippen LogP contribution in [0.2, 0.25) is 0 Å². The minimum absolute atomic E-state index is 0.285. The van der Waals surface area contributed by atoms with Gasteiger partial charge in [-0.3, -0.25) is 4.72 Å². The third-order valence-electron chi connectivity index (χ3n) is 3.97. The molecule has 130 valence electrons. The fourth-order valence-electron chi connectivity index (χ4n) is 2.88. The highest BCUT2D eigenvalue weighted by molar-refractivity contribution is 7.92. The van der Waals surface area contributed by atoms with Crippen LogP contribution in [-0.2, 0) is 10.0 Å². The van der Waals surface area contributed by atoms with Crippen molar-refractivity contribution >= 4 is 15.7 Å². The molecule has 0 bridgehead atoms. The van der Waals surface area contributed by atoms with Crippen LogP contribution >= 0.6 is 0 Å². The second kappa shape index (κ2) is 6.68. The number of benzene rings is 2. The molecule has 1 atom stereocenters. The average Bonchev–Trinajstić information content (AvgIpc) is 3.04. The summed E-state index contributed by atoms with van der Waals surface area (Å²) in [5, 5.41) is 0. The first-order valence-corrected chi connectivity index (χ1v) is 9.55. The molecular formula is C18H18FN3O2S. The van der Waals surface area contributed by atoms with Gasteiger partial charge in [0.15, 0.2) is 0 Å². The van der Waals surface area contributed by atoms with E-state index in [9.17, 15) is 12.8 Å². The minimum Gasteiger partial charge on any atom is -0.348 e. The second-order valence-corrected chi connectivity index (χ2v) is 7.64. The molecule has 0 aliphatic heterocycles. The predicted octanol–water partition coefficient (Wildman–Crippen LogP) is 3.41. The molecule has 5 nitrogen and oxygen atoms in total. The quantitative estimate of drug-likeness (QED) is 0.733. The second-order valence-electron chi connectivity index (χ2n) is 5.89. The van der Waals surface area contributed by atoms with Gasteiger partial charge < -0.3 is 4.98 Å². The normalized spacial score (nSPS) is 12.8. The Hall–Kier alpha value is -2.67. The third-order valence-corrected chi connectivity index (χ3v) is 4.58. The van der Waals surface area contributed by atoms with Crippen LogP contribution in [0.15, 0.2) is 55.0 Å². The lowest BCUT2D eigenvalue weighted by Crippen LogP contribution is -2.11. The van der Waals surface area contributed by atoms with Gasteiger partial charge in [0.25, 0.3) is 0 Å². The lowest BCUT2D eigenvalue weighted by Gasteiger charge is -2.20. The van der Waals surface area contributed by atoms with Crippen LogP contribution in [0.1, 0.15) is 28.3 Å². The van der Waals surface area contributed by atoms with E-state index in [0.717, 1.165) is 23.1 Å². The van der Waals surface area contributed by atoms with Gasteiger partial charge in [-0.25, -0.2) is 17.8 Å². The van der Waals surface area contributed by atoms with Gasteiger partial charge in [0.1, 0.15) is 5.82 Å². The van der Waals surface area contributed by atoms with Crippen molar-refractivity contribution in [2.75, 3.05) is 11.0 Å². The van der Waals surface area contributed by atoms with Gasteiger partial charge >= 0.3 is 0 Å². The van der Waals surface area contributed by atoms with Gasteiger partial charge in [0, 0.05) is 17.6 Å². The maximum absolute atomic E-state index is 14.1. The molecule has 2 N–H and O–H groups in total. The number of H-pyrrole nitrogens is 1. The fourth-order valence-corrected chi connectivity index (χ4v) is 3.44. The average molecular weight is 359 g/mol. The maximum atomic E-state index is 14.1. The number of halogens is 1. The minimum atomic E-state index is -3.38. The van der Waals surface area contributed by atoms with Crippen LogP contribution in [0.25, 0.3) is 0 Å². The first-order valence-electron chi connectivity index (χ1n) is 7.66. The van der Waals surface area contributed by atoms with Gasteiger partial charge in [0.2, 0.25) is 10.0 Å². The molecule has 1 unspecified atom stereocenters. The Morgan fingerprint density at radius 2 is 1.96 bits per heavy atom. The molecule has 25 heavy (non-hydrogen) atoms. The number of aromatic nitrogens is 2. The molecule has 0 aliphatic carbocycles. The maximum Gasteiger partial charge on any atom is 0.229 e. The Kier molecular flexibility index (Phi) is 4.59. The van der Waals surface area contributed by atoms with E-state index in [1.807, 2.05) is 12.1 Å². The molecule has 3 rings (SSSR count). The molecule has 0 radical (unpaired) electrons. The van der Waals surface area contributed by atoms with E-state index in [4.69, 9.17) is 0 Å². The lowest BCUT2D eigenvalue weighted by molar-refractivity contribution is 0.607. The highest BCUT2D eigenvalue weighted by Crippen LogP contribution is 2.34. The largest absolute Gasteiger partial charge is 0.348 e. The number of hydrogen-bond acceptors (Lipinski definition) is 3. The Morgan fingerprint density at radius 1 is 1.20 bits per heavy atom. The Labute approximate surface area is 146 Å². The molecule has 1 heterocycles. The summed E-state index contributed by atoms with van der Waals surface area (Å²) >= 11 is 0. The summed E-state index contributed by atoms with van der Waals surface area (Å²) in [6.07, 6.45) is 4.35. The lowest BCUT2D eigenvalue weighted by atomic mass is 9.86. The van der Waals surface area contributed by atoms with Gasteiger partial charge in [0.05, 0.1) is 18.5 Å². The number of anilines is 1. The highest BCUT2D eigenvalue weighted by Gasteiger charge is 2.21. The smallest absolute Gasteiger partial charge is 0.229 e. The highest BCUT2D eigenvalue weighted by atomic mass is 32.2. The number of sulfonamides is 1. The van der Waals surface area contributed by atoms with E-state index in [0.29, 0.717) is 11.3 Å². The van der Waals surface area contributed by atoms with Crippen molar-refractivity contribution in [1.82, 2.24) is 9.97 Å². The number of hydrogen-bond donors (Lipinski definition) is 2. The van der Waals surface area contributed by atoms with Gasteiger partial charge in [-0.15, -0.1) is 0 Å². The number of rotatable bonds is 5. The van der Waals surface area contributed by atoms with Crippen LogP contribution in [-0.4, -0.2) is 24.6 Å². The zero-order valence-corrected chi connectivity index (χ0v) is 14.6. The number of nitrogens with zero attached hydrogens (tertiary/aromatic N) is 1. The molecule has 0 spiro atoms. The van der Waals surface area contributed by atoms with E-state index in [-0.39, 0.29) is 11.7 Å². The first kappa shape index (κ1) is 17.2. The summed E-state index contributed by atoms with van der Waals surface area (Å²) in [6, 6.07) is 12.0. The van der Waals surface area contributed by atoms with Crippen molar-refractivity contribution < 1.29 is 12.8 Å². The van der Waals surface area contributed by atoms with E-state index < -0.39 is 10.0 Å². The molecule has 1 aromatic heterocycles. The monoisotopic (exact) mass is 359 g/mol. The van der Waals surface area contributed by atoms with Crippen molar-refractivity contribution in [2.24, 2.45) is 0 Å². The summed E-state index contributed by atoms with van der Waals surface area (Å²) in [7, 11) is -3.38. The molecular weight excluding hydrogens is 341 g/mol. The summed E-state index contributed by atoms with van der Waals surface area (Å²) in [5.74, 6) is -0.577. The van der Waals surface area contributed by atoms with E-state index in [1.165, 1.54) is 6.07 Å². The van der Waals surface area contributed by atoms with Crippen molar-refractivity contribution in [2.45, 2.75) is 12.8 Å². The fraction of sp³-hybridized carbons (Fsp3) is 0.167. The SMILES string of the molecule is Cc1c(F)cccc1C(c1cccc(NS(C)(=O)=O)c1)c1cnc[nH]1. The van der Waals surface area contributed by atoms with Crippen LogP contribution in [0.5, 0.6) is 0 Å². The molecule has 0 saturated carbocycles. The molecule has 7 heteroatoms. The molecule has 0 saturated heterocycles. The molecule has 0 aliphatic rings. The molecule has 3 aromatic rings. The standard InChI is InChI=1S/C18H18FN3O2S/c1-12-15(7-4-8-16(12)19)18(17-10-20-11-21-17)13-5-3-6-14(9-13)22-25(2,23)24/h3-11,18,22H,1-2H3,(H,20,21). The first-order chi connectivity index (χ1) is 11.8. The number of imidazole rings is 1. The molecule has 0 fully saturated rings. The van der Waals surface area contributed by atoms with E-state index >= 15 is 0 Å². The Balaban J connectivity index is 2.14. The van der Waals surface area contributed by atoms with Crippen LogP contribution in [0, 0.1) is 12.7 Å². The van der Waals surface area contributed by atoms with Crippen molar-refractivity contribution in [1.29, 1.82) is 0 Å².